The van der Waals surface area contributed by atoms with Crippen LogP contribution in [0.15, 0.2) is 109 Å². The molecule has 2 unspecified atom stereocenters. The zero-order chi connectivity index (χ0) is 49.2. The molecule has 0 saturated heterocycles. The Bertz CT molecular complexity index is 1500. The minimum Gasteiger partial charge on any atom is -0.462 e. The number of esters is 2. The normalized spacial score (nSPS) is 14.3. The molecule has 0 aromatic heterocycles. The summed E-state index contributed by atoms with van der Waals surface area (Å²) in [5.41, 5.74) is 0. The lowest BCUT2D eigenvalue weighted by Gasteiger charge is -2.24. The van der Waals surface area contributed by atoms with Gasteiger partial charge in [0.1, 0.15) is 19.8 Å². The van der Waals surface area contributed by atoms with E-state index in [1.807, 2.05) is 21.1 Å². The summed E-state index contributed by atoms with van der Waals surface area (Å²) in [5.74, 6) is -0.854. The van der Waals surface area contributed by atoms with Crippen molar-refractivity contribution in [2.75, 3.05) is 47.5 Å². The average Bonchev–Trinajstić information content (AvgIpc) is 3.29. The van der Waals surface area contributed by atoms with E-state index in [2.05, 4.69) is 123 Å². The van der Waals surface area contributed by atoms with Gasteiger partial charge in [0.25, 0.3) is 0 Å². The minimum atomic E-state index is -4.40. The molecule has 382 valence electrons. The number of likely N-dealkylation sites (N-methyl/N-ethyl adjacent to an activating group) is 1. The fraction of sp³-hybridized carbons (Fsp3) is 0.649. The van der Waals surface area contributed by atoms with Crippen molar-refractivity contribution in [3.05, 3.63) is 109 Å². The molecule has 0 saturated carbocycles. The Balaban J connectivity index is 4.37. The Hall–Kier alpha value is -3.33. The second kappa shape index (κ2) is 47.7. The number of phosphoric acid groups is 1. The summed E-state index contributed by atoms with van der Waals surface area (Å²) in [7, 11) is 1.43. The number of hydrogen-bond donors (Lipinski definition) is 1. The molecule has 0 amide bonds. The monoisotopic (exact) mass is 955 g/mol. The predicted octanol–water partition coefficient (Wildman–Crippen LogP) is 15.9. The van der Waals surface area contributed by atoms with Crippen LogP contribution >= 0.6 is 7.82 Å². The van der Waals surface area contributed by atoms with Crippen LogP contribution in [0.1, 0.15) is 187 Å². The Morgan fingerprint density at radius 1 is 0.478 bits per heavy atom. The van der Waals surface area contributed by atoms with Gasteiger partial charge in [-0.2, -0.15) is 0 Å². The predicted molar refractivity (Wildman–Crippen MR) is 284 cm³/mol. The average molecular weight is 955 g/mol. The summed E-state index contributed by atoms with van der Waals surface area (Å²) in [6, 6.07) is 0. The third-order valence-electron chi connectivity index (χ3n) is 10.5. The largest absolute Gasteiger partial charge is 0.472 e. The van der Waals surface area contributed by atoms with E-state index in [9.17, 15) is 19.0 Å². The van der Waals surface area contributed by atoms with E-state index in [1.165, 1.54) is 51.4 Å². The number of ether oxygens (including phenoxy) is 2. The SMILES string of the molecule is CC/C=C\C/C=C\C/C=C\C/C=C\C/C=C\C/C=C\C/C=C\CCCCCC(=O)OC(COC(=O)CCCCCCCCC/C=C\C/C=C\CCCCCC)COP(=O)(O)OCC[N+](C)(C)C. The third-order valence-corrected chi connectivity index (χ3v) is 11.5. The molecule has 0 aliphatic carbocycles. The van der Waals surface area contributed by atoms with E-state index in [4.69, 9.17) is 18.5 Å². The maximum absolute atomic E-state index is 12.8. The van der Waals surface area contributed by atoms with Crippen molar-refractivity contribution >= 4 is 19.8 Å². The molecule has 0 aromatic rings. The highest BCUT2D eigenvalue weighted by Crippen LogP contribution is 2.43. The Kier molecular flexibility index (Phi) is 45.4. The van der Waals surface area contributed by atoms with E-state index < -0.39 is 26.5 Å². The number of hydrogen-bond acceptors (Lipinski definition) is 7. The van der Waals surface area contributed by atoms with E-state index in [0.717, 1.165) is 103 Å². The molecule has 10 heteroatoms. The van der Waals surface area contributed by atoms with Gasteiger partial charge in [0.15, 0.2) is 6.10 Å². The topological polar surface area (TPSA) is 108 Å². The van der Waals surface area contributed by atoms with Crippen LogP contribution in [0, 0.1) is 0 Å². The molecule has 0 aromatic carbocycles. The Morgan fingerprint density at radius 2 is 0.851 bits per heavy atom. The van der Waals surface area contributed by atoms with Crippen LogP contribution in [0.25, 0.3) is 0 Å². The molecule has 0 bridgehead atoms. The molecule has 0 spiro atoms. The van der Waals surface area contributed by atoms with Gasteiger partial charge in [-0.15, -0.1) is 0 Å². The lowest BCUT2D eigenvalue weighted by Crippen LogP contribution is -2.37. The first-order valence-corrected chi connectivity index (χ1v) is 27.6. The Labute approximate surface area is 410 Å². The molecular formula is C57H97NO8P+. The first-order chi connectivity index (χ1) is 32.5. The molecule has 0 heterocycles. The fourth-order valence-electron chi connectivity index (χ4n) is 6.49. The highest BCUT2D eigenvalue weighted by atomic mass is 31.2. The van der Waals surface area contributed by atoms with Crippen LogP contribution in [0.2, 0.25) is 0 Å². The van der Waals surface area contributed by atoms with Crippen molar-refractivity contribution in [1.82, 2.24) is 0 Å². The fourth-order valence-corrected chi connectivity index (χ4v) is 7.24. The number of nitrogens with zero attached hydrogens (tertiary/aromatic N) is 1. The minimum absolute atomic E-state index is 0.0170. The zero-order valence-corrected chi connectivity index (χ0v) is 44.0. The van der Waals surface area contributed by atoms with Crippen molar-refractivity contribution in [3.8, 4) is 0 Å². The zero-order valence-electron chi connectivity index (χ0n) is 43.1. The van der Waals surface area contributed by atoms with Gasteiger partial charge in [0.05, 0.1) is 27.7 Å². The lowest BCUT2D eigenvalue weighted by molar-refractivity contribution is -0.870. The molecule has 0 rings (SSSR count). The molecule has 0 aliphatic heterocycles. The van der Waals surface area contributed by atoms with Gasteiger partial charge in [-0.25, -0.2) is 4.57 Å². The summed E-state index contributed by atoms with van der Waals surface area (Å²) in [6.45, 7) is 4.23. The number of carbonyl (C=O) groups excluding carboxylic acids is 2. The van der Waals surface area contributed by atoms with Gasteiger partial charge in [-0.3, -0.25) is 18.6 Å². The highest BCUT2D eigenvalue weighted by molar-refractivity contribution is 7.47. The van der Waals surface area contributed by atoms with Gasteiger partial charge in [0, 0.05) is 12.8 Å². The first-order valence-electron chi connectivity index (χ1n) is 26.1. The molecular weight excluding hydrogens is 858 g/mol. The first kappa shape index (κ1) is 63.7. The van der Waals surface area contributed by atoms with Crippen molar-refractivity contribution < 1.29 is 42.1 Å². The quantitative estimate of drug-likeness (QED) is 0.0211. The number of unbranched alkanes of at least 4 members (excludes halogenated alkanes) is 14. The summed E-state index contributed by atoms with van der Waals surface area (Å²) >= 11 is 0. The third kappa shape index (κ3) is 51.9. The molecule has 0 aliphatic rings. The molecule has 0 radical (unpaired) electrons. The molecule has 0 fully saturated rings. The van der Waals surface area contributed by atoms with Crippen LogP contribution < -0.4 is 0 Å². The highest BCUT2D eigenvalue weighted by Gasteiger charge is 2.27. The van der Waals surface area contributed by atoms with Crippen LogP contribution in [0.5, 0.6) is 0 Å². The van der Waals surface area contributed by atoms with Crippen LogP contribution in [-0.4, -0.2) is 74.9 Å². The molecule has 67 heavy (non-hydrogen) atoms. The number of phosphoric ester groups is 1. The molecule has 1 N–H and O–H groups in total. The van der Waals surface area contributed by atoms with Gasteiger partial charge < -0.3 is 18.9 Å². The van der Waals surface area contributed by atoms with Crippen LogP contribution in [0.4, 0.5) is 0 Å². The second-order valence-corrected chi connectivity index (χ2v) is 19.6. The maximum Gasteiger partial charge on any atom is 0.472 e. The van der Waals surface area contributed by atoms with Crippen molar-refractivity contribution in [2.24, 2.45) is 0 Å². The second-order valence-electron chi connectivity index (χ2n) is 18.2. The standard InChI is InChI=1S/C57H96NO8P/c1-6-8-10-12-14-16-18-20-22-24-26-27-28-29-30-31-32-34-36-38-40-42-44-46-48-50-57(60)66-55(54-65-67(61,62)64-52-51-58(3,4)5)53-63-56(59)49-47-45-43-41-39-37-35-33-25-23-21-19-17-15-13-11-9-7-2/h8,10,14,16-17,19-20,22-23,25-27,29-30,32,34,38,40,55H,6-7,9,11-13,15,18,21,24,28,31,33,35-37,39,41-54H2,1-5H3/p+1/b10-8-,16-14-,19-17-,22-20-,25-23-,27-26-,30-29-,34-32-,40-38-. The maximum atomic E-state index is 12.8. The smallest absolute Gasteiger partial charge is 0.462 e. The summed E-state index contributed by atoms with van der Waals surface area (Å²) in [4.78, 5) is 35.6. The lowest BCUT2D eigenvalue weighted by atomic mass is 10.1. The van der Waals surface area contributed by atoms with E-state index in [1.54, 1.807) is 0 Å². The van der Waals surface area contributed by atoms with Gasteiger partial charge in [0.2, 0.25) is 0 Å². The van der Waals surface area contributed by atoms with Crippen molar-refractivity contribution in [2.45, 2.75) is 193 Å². The summed E-state index contributed by atoms with van der Waals surface area (Å²) in [6.07, 6.45) is 65.7. The van der Waals surface area contributed by atoms with E-state index in [-0.39, 0.29) is 32.0 Å². The van der Waals surface area contributed by atoms with Crippen molar-refractivity contribution in [3.63, 3.8) is 0 Å². The van der Waals surface area contributed by atoms with Gasteiger partial charge >= 0.3 is 19.8 Å². The number of quaternary nitrogens is 1. The van der Waals surface area contributed by atoms with E-state index in [0.29, 0.717) is 17.4 Å². The van der Waals surface area contributed by atoms with E-state index >= 15 is 0 Å². The van der Waals surface area contributed by atoms with Crippen LogP contribution in [0.3, 0.4) is 0 Å². The molecule has 9 nitrogen and oxygen atoms in total. The van der Waals surface area contributed by atoms with Gasteiger partial charge in [-0.1, -0.05) is 181 Å². The van der Waals surface area contributed by atoms with Gasteiger partial charge in [-0.05, 0) is 103 Å². The Morgan fingerprint density at radius 3 is 1.28 bits per heavy atom. The summed E-state index contributed by atoms with van der Waals surface area (Å²) in [5, 5.41) is 0. The number of allylic oxidation sites excluding steroid dienone is 18. The summed E-state index contributed by atoms with van der Waals surface area (Å²) < 4.78 is 34.4. The van der Waals surface area contributed by atoms with Crippen LogP contribution in [-0.2, 0) is 32.7 Å². The number of carbonyl (C=O) groups is 2. The number of rotatable bonds is 46. The van der Waals surface area contributed by atoms with Crippen molar-refractivity contribution in [1.29, 1.82) is 0 Å². The molecule has 2 atom stereocenters.